The molecule has 2 heteroatoms. The standard InChI is InChI=1S/C14H29NO/c1-12(2)14(11-16-3)15-10-13-8-6-4-5-7-9-13/h12-15H,4-11H2,1-3H3. The third kappa shape index (κ3) is 5.31. The monoisotopic (exact) mass is 227 g/mol. The van der Waals surface area contributed by atoms with Gasteiger partial charge in [0.05, 0.1) is 6.61 Å². The average molecular weight is 227 g/mol. The van der Waals surface area contributed by atoms with Gasteiger partial charge < -0.3 is 10.1 Å². The summed E-state index contributed by atoms with van der Waals surface area (Å²) in [6.07, 6.45) is 8.60. The summed E-state index contributed by atoms with van der Waals surface area (Å²) in [7, 11) is 1.79. The zero-order chi connectivity index (χ0) is 11.8. The van der Waals surface area contributed by atoms with E-state index in [2.05, 4.69) is 19.2 Å². The van der Waals surface area contributed by atoms with E-state index in [0.717, 1.165) is 12.5 Å². The van der Waals surface area contributed by atoms with Gasteiger partial charge in [-0.05, 0) is 31.2 Å². The summed E-state index contributed by atoms with van der Waals surface area (Å²) >= 11 is 0. The lowest BCUT2D eigenvalue weighted by atomic mass is 9.98. The van der Waals surface area contributed by atoms with Gasteiger partial charge in [-0.3, -0.25) is 0 Å². The highest BCUT2D eigenvalue weighted by Crippen LogP contribution is 2.22. The highest BCUT2D eigenvalue weighted by molar-refractivity contribution is 4.74. The topological polar surface area (TPSA) is 21.3 Å². The first-order valence-corrected chi connectivity index (χ1v) is 6.96. The molecule has 0 aromatic heterocycles. The molecule has 1 rings (SSSR count). The Kier molecular flexibility index (Phi) is 7.06. The fourth-order valence-corrected chi connectivity index (χ4v) is 2.55. The predicted molar refractivity (Wildman–Crippen MR) is 69.7 cm³/mol. The Bertz CT molecular complexity index is 162. The molecular formula is C14H29NO. The molecule has 0 radical (unpaired) electrons. The van der Waals surface area contributed by atoms with Crippen LogP contribution in [0.1, 0.15) is 52.4 Å². The van der Waals surface area contributed by atoms with Crippen molar-refractivity contribution >= 4 is 0 Å². The molecule has 0 spiro atoms. The molecule has 0 amide bonds. The molecule has 1 aliphatic carbocycles. The van der Waals surface area contributed by atoms with Crippen molar-refractivity contribution in [1.29, 1.82) is 0 Å². The van der Waals surface area contributed by atoms with Crippen molar-refractivity contribution in [1.82, 2.24) is 5.32 Å². The fourth-order valence-electron chi connectivity index (χ4n) is 2.55. The van der Waals surface area contributed by atoms with E-state index in [9.17, 15) is 0 Å². The first kappa shape index (κ1) is 14.0. The van der Waals surface area contributed by atoms with Crippen LogP contribution in [0, 0.1) is 11.8 Å². The van der Waals surface area contributed by atoms with E-state index in [1.165, 1.54) is 45.1 Å². The van der Waals surface area contributed by atoms with Crippen LogP contribution in [0.25, 0.3) is 0 Å². The average Bonchev–Trinajstić information content (AvgIpc) is 2.52. The van der Waals surface area contributed by atoms with Crippen molar-refractivity contribution in [3.8, 4) is 0 Å². The summed E-state index contributed by atoms with van der Waals surface area (Å²) in [6, 6.07) is 0.522. The number of nitrogens with one attached hydrogen (secondary N) is 1. The van der Waals surface area contributed by atoms with Crippen molar-refractivity contribution in [3.63, 3.8) is 0 Å². The van der Waals surface area contributed by atoms with E-state index >= 15 is 0 Å². The van der Waals surface area contributed by atoms with Gasteiger partial charge in [-0.2, -0.15) is 0 Å². The second kappa shape index (κ2) is 8.08. The summed E-state index contributed by atoms with van der Waals surface area (Å²) in [5, 5.41) is 3.69. The lowest BCUT2D eigenvalue weighted by Gasteiger charge is -2.24. The maximum Gasteiger partial charge on any atom is 0.0618 e. The van der Waals surface area contributed by atoms with E-state index in [1.54, 1.807) is 7.11 Å². The van der Waals surface area contributed by atoms with Crippen LogP contribution < -0.4 is 5.32 Å². The molecular weight excluding hydrogens is 198 g/mol. The van der Waals surface area contributed by atoms with Crippen LogP contribution in [0.3, 0.4) is 0 Å². The molecule has 0 bridgehead atoms. The van der Waals surface area contributed by atoms with Crippen molar-refractivity contribution in [2.75, 3.05) is 20.3 Å². The van der Waals surface area contributed by atoms with Gasteiger partial charge in [0.2, 0.25) is 0 Å². The minimum atomic E-state index is 0.522. The van der Waals surface area contributed by atoms with E-state index in [1.807, 2.05) is 0 Å². The Hall–Kier alpha value is -0.0800. The molecule has 96 valence electrons. The zero-order valence-electron chi connectivity index (χ0n) is 11.3. The molecule has 1 N–H and O–H groups in total. The number of hydrogen-bond acceptors (Lipinski definition) is 2. The summed E-state index contributed by atoms with van der Waals surface area (Å²) < 4.78 is 5.27. The Morgan fingerprint density at radius 1 is 1.12 bits per heavy atom. The Labute approximate surface area is 101 Å². The highest BCUT2D eigenvalue weighted by atomic mass is 16.5. The minimum absolute atomic E-state index is 0.522. The van der Waals surface area contributed by atoms with Gasteiger partial charge in [0.15, 0.2) is 0 Å². The number of hydrogen-bond donors (Lipinski definition) is 1. The van der Waals surface area contributed by atoms with Gasteiger partial charge in [0.25, 0.3) is 0 Å². The molecule has 16 heavy (non-hydrogen) atoms. The van der Waals surface area contributed by atoms with E-state index in [4.69, 9.17) is 4.74 Å². The molecule has 0 aromatic rings. The van der Waals surface area contributed by atoms with E-state index in [-0.39, 0.29) is 0 Å². The summed E-state index contributed by atoms with van der Waals surface area (Å²) in [4.78, 5) is 0. The van der Waals surface area contributed by atoms with Gasteiger partial charge in [-0.1, -0.05) is 39.5 Å². The molecule has 2 nitrogen and oxygen atoms in total. The van der Waals surface area contributed by atoms with Crippen LogP contribution in [0.5, 0.6) is 0 Å². The van der Waals surface area contributed by atoms with Crippen LogP contribution in [0.2, 0.25) is 0 Å². The molecule has 1 saturated carbocycles. The van der Waals surface area contributed by atoms with Gasteiger partial charge >= 0.3 is 0 Å². The Morgan fingerprint density at radius 2 is 1.75 bits per heavy atom. The molecule has 0 aromatic carbocycles. The predicted octanol–water partition coefficient (Wildman–Crippen LogP) is 3.22. The molecule has 0 saturated heterocycles. The molecule has 1 atom stereocenters. The van der Waals surface area contributed by atoms with Crippen LogP contribution >= 0.6 is 0 Å². The maximum atomic E-state index is 5.27. The van der Waals surface area contributed by atoms with Gasteiger partial charge in [-0.15, -0.1) is 0 Å². The lowest BCUT2D eigenvalue weighted by molar-refractivity contribution is 0.143. The van der Waals surface area contributed by atoms with Crippen LogP contribution in [-0.2, 0) is 4.74 Å². The molecule has 0 aliphatic heterocycles. The van der Waals surface area contributed by atoms with Crippen molar-refractivity contribution in [2.24, 2.45) is 11.8 Å². The van der Waals surface area contributed by atoms with Crippen molar-refractivity contribution < 1.29 is 4.74 Å². The van der Waals surface area contributed by atoms with Gasteiger partial charge in [0, 0.05) is 13.2 Å². The van der Waals surface area contributed by atoms with E-state index in [0.29, 0.717) is 12.0 Å². The largest absolute Gasteiger partial charge is 0.383 e. The molecule has 1 unspecified atom stereocenters. The lowest BCUT2D eigenvalue weighted by Crippen LogP contribution is -2.40. The van der Waals surface area contributed by atoms with Gasteiger partial charge in [0.1, 0.15) is 0 Å². The third-order valence-corrected chi connectivity index (χ3v) is 3.79. The fraction of sp³-hybridized carbons (Fsp3) is 1.00. The number of rotatable bonds is 6. The quantitative estimate of drug-likeness (QED) is 0.704. The molecule has 1 aliphatic rings. The SMILES string of the molecule is COCC(NCC1CCCCCC1)C(C)C. The van der Waals surface area contributed by atoms with E-state index < -0.39 is 0 Å². The van der Waals surface area contributed by atoms with Crippen LogP contribution in [-0.4, -0.2) is 26.3 Å². The Morgan fingerprint density at radius 3 is 2.25 bits per heavy atom. The second-order valence-corrected chi connectivity index (χ2v) is 5.57. The second-order valence-electron chi connectivity index (χ2n) is 5.57. The van der Waals surface area contributed by atoms with Crippen LogP contribution in [0.4, 0.5) is 0 Å². The summed E-state index contributed by atoms with van der Waals surface area (Å²) in [5.74, 6) is 1.56. The Balaban J connectivity index is 2.24. The minimum Gasteiger partial charge on any atom is -0.383 e. The molecule has 0 heterocycles. The van der Waals surface area contributed by atoms with Gasteiger partial charge in [-0.25, -0.2) is 0 Å². The number of methoxy groups -OCH3 is 1. The van der Waals surface area contributed by atoms with Crippen molar-refractivity contribution in [3.05, 3.63) is 0 Å². The summed E-state index contributed by atoms with van der Waals surface area (Å²) in [6.45, 7) is 6.56. The number of ether oxygens (including phenoxy) is 1. The highest BCUT2D eigenvalue weighted by Gasteiger charge is 2.16. The normalized spacial score (nSPS) is 21.0. The maximum absolute atomic E-state index is 5.27. The third-order valence-electron chi connectivity index (χ3n) is 3.79. The first-order chi connectivity index (χ1) is 7.74. The van der Waals surface area contributed by atoms with Crippen LogP contribution in [0.15, 0.2) is 0 Å². The van der Waals surface area contributed by atoms with Crippen molar-refractivity contribution in [2.45, 2.75) is 58.4 Å². The summed E-state index contributed by atoms with van der Waals surface area (Å²) in [5.41, 5.74) is 0. The smallest absolute Gasteiger partial charge is 0.0618 e. The molecule has 1 fully saturated rings. The first-order valence-electron chi connectivity index (χ1n) is 6.96. The zero-order valence-corrected chi connectivity index (χ0v) is 11.3.